The minimum Gasteiger partial charge on any atom is -0.511 e. The highest BCUT2D eigenvalue weighted by Crippen LogP contribution is 2.10. The third-order valence-electron chi connectivity index (χ3n) is 4.31. The molecular formula is C19H19N3O4. The Morgan fingerprint density at radius 3 is 2.62 bits per heavy atom. The number of hydrogen-bond donors (Lipinski definition) is 2. The molecule has 0 spiro atoms. The third-order valence-corrected chi connectivity index (χ3v) is 4.31. The summed E-state index contributed by atoms with van der Waals surface area (Å²) in [6.07, 6.45) is 2.50. The van der Waals surface area contributed by atoms with E-state index in [-0.39, 0.29) is 28.5 Å². The summed E-state index contributed by atoms with van der Waals surface area (Å²) in [5.41, 5.74) is 1.69. The standard InChI is InChI=1S/C19H19N3O4/c1-12(19(25)26)9-15(23)17-16(24)10-14(22-18(17)20-11-21-22)8-7-13-5-3-2-4-6-13/h2-6,10-12,23H,7-9H2,1H3,(H,25,26)/b17-15-/t12-/m0/s1. The van der Waals surface area contributed by atoms with Crippen molar-refractivity contribution in [2.45, 2.75) is 26.2 Å². The SMILES string of the molecule is C[C@@H](C/C(O)=c1\c(=O)cc(CCc2ccccc2)n2ncnc12)C(=O)O. The Morgan fingerprint density at radius 2 is 1.92 bits per heavy atom. The van der Waals surface area contributed by atoms with Gasteiger partial charge in [-0.15, -0.1) is 0 Å². The molecule has 0 aliphatic heterocycles. The summed E-state index contributed by atoms with van der Waals surface area (Å²) < 4.78 is 1.53. The molecule has 2 aromatic heterocycles. The van der Waals surface area contributed by atoms with Gasteiger partial charge in [0.15, 0.2) is 11.1 Å². The zero-order valence-corrected chi connectivity index (χ0v) is 14.3. The van der Waals surface area contributed by atoms with Crippen molar-refractivity contribution in [2.24, 2.45) is 5.92 Å². The van der Waals surface area contributed by atoms with Gasteiger partial charge >= 0.3 is 5.97 Å². The Balaban J connectivity index is 2.01. The van der Waals surface area contributed by atoms with E-state index in [0.717, 1.165) is 12.0 Å². The molecule has 7 nitrogen and oxygen atoms in total. The molecule has 0 aliphatic carbocycles. The first kappa shape index (κ1) is 17.6. The molecule has 26 heavy (non-hydrogen) atoms. The van der Waals surface area contributed by atoms with E-state index in [1.165, 1.54) is 23.8 Å². The molecule has 2 heterocycles. The van der Waals surface area contributed by atoms with E-state index < -0.39 is 11.9 Å². The summed E-state index contributed by atoms with van der Waals surface area (Å²) in [5.74, 6) is -2.13. The predicted octanol–water partition coefficient (Wildman–Crippen LogP) is 1.37. The first-order chi connectivity index (χ1) is 12.5. The molecule has 0 amide bonds. The second-order valence-corrected chi connectivity index (χ2v) is 6.25. The summed E-state index contributed by atoms with van der Waals surface area (Å²) in [6, 6.07) is 11.3. The number of benzene rings is 1. The molecule has 0 unspecified atom stereocenters. The number of rotatable bonds is 6. The van der Waals surface area contributed by atoms with Crippen LogP contribution in [0.25, 0.3) is 11.4 Å². The van der Waals surface area contributed by atoms with Crippen LogP contribution < -0.4 is 10.6 Å². The second kappa shape index (κ2) is 7.35. The van der Waals surface area contributed by atoms with Crippen molar-refractivity contribution in [1.29, 1.82) is 0 Å². The summed E-state index contributed by atoms with van der Waals surface area (Å²) in [6.45, 7) is 1.47. The fourth-order valence-electron chi connectivity index (χ4n) is 2.86. The molecular weight excluding hydrogens is 334 g/mol. The summed E-state index contributed by atoms with van der Waals surface area (Å²) in [7, 11) is 0. The summed E-state index contributed by atoms with van der Waals surface area (Å²) in [4.78, 5) is 27.6. The van der Waals surface area contributed by atoms with Crippen molar-refractivity contribution in [3.05, 3.63) is 69.4 Å². The topological polar surface area (TPSA) is 105 Å². The Morgan fingerprint density at radius 1 is 1.19 bits per heavy atom. The number of carboxylic acids is 1. The monoisotopic (exact) mass is 353 g/mol. The number of aryl methyl sites for hydroxylation is 2. The highest BCUT2D eigenvalue weighted by molar-refractivity contribution is 5.71. The minimum absolute atomic E-state index is 0.0130. The fourth-order valence-corrected chi connectivity index (χ4v) is 2.86. The molecule has 3 rings (SSSR count). The van der Waals surface area contributed by atoms with Gasteiger partial charge in [-0.05, 0) is 18.4 Å². The van der Waals surface area contributed by atoms with Crippen LogP contribution in [0.4, 0.5) is 0 Å². The Hall–Kier alpha value is -3.22. The van der Waals surface area contributed by atoms with E-state index in [0.29, 0.717) is 12.1 Å². The average Bonchev–Trinajstić information content (AvgIpc) is 3.09. The third kappa shape index (κ3) is 3.56. The summed E-state index contributed by atoms with van der Waals surface area (Å²) in [5, 5.41) is 23.5. The Labute approximate surface area is 149 Å². The van der Waals surface area contributed by atoms with Crippen LogP contribution in [0.2, 0.25) is 0 Å². The van der Waals surface area contributed by atoms with Crippen molar-refractivity contribution in [3.63, 3.8) is 0 Å². The lowest BCUT2D eigenvalue weighted by molar-refractivity contribution is -0.141. The molecule has 134 valence electrons. The number of aromatic nitrogens is 3. The molecule has 7 heteroatoms. The normalized spacial score (nSPS) is 13.6. The lowest BCUT2D eigenvalue weighted by Gasteiger charge is -2.07. The summed E-state index contributed by atoms with van der Waals surface area (Å²) >= 11 is 0. The fraction of sp³-hybridized carbons (Fsp3) is 0.263. The van der Waals surface area contributed by atoms with Crippen LogP contribution >= 0.6 is 0 Å². The molecule has 3 aromatic rings. The number of aliphatic hydroxyl groups excluding tert-OH is 1. The van der Waals surface area contributed by atoms with Crippen LogP contribution in [-0.2, 0) is 17.6 Å². The van der Waals surface area contributed by atoms with Crippen LogP contribution in [0.3, 0.4) is 0 Å². The quantitative estimate of drug-likeness (QED) is 0.693. The Kier molecular flexibility index (Phi) is 4.97. The average molecular weight is 353 g/mol. The van der Waals surface area contributed by atoms with Crippen molar-refractivity contribution in [3.8, 4) is 0 Å². The van der Waals surface area contributed by atoms with Gasteiger partial charge in [0.1, 0.15) is 17.3 Å². The molecule has 0 saturated carbocycles. The van der Waals surface area contributed by atoms with Gasteiger partial charge in [-0.3, -0.25) is 9.59 Å². The van der Waals surface area contributed by atoms with Crippen LogP contribution in [0, 0.1) is 5.92 Å². The zero-order valence-electron chi connectivity index (χ0n) is 14.3. The zero-order chi connectivity index (χ0) is 18.7. The first-order valence-corrected chi connectivity index (χ1v) is 8.32. The smallest absolute Gasteiger partial charge is 0.306 e. The van der Waals surface area contributed by atoms with Gasteiger partial charge in [-0.25, -0.2) is 9.50 Å². The van der Waals surface area contributed by atoms with Gasteiger partial charge in [0.2, 0.25) is 0 Å². The largest absolute Gasteiger partial charge is 0.511 e. The lowest BCUT2D eigenvalue weighted by atomic mass is 10.0. The maximum Gasteiger partial charge on any atom is 0.306 e. The number of aliphatic hydroxyl groups is 1. The maximum absolute atomic E-state index is 12.5. The molecule has 0 bridgehead atoms. The van der Waals surface area contributed by atoms with E-state index in [4.69, 9.17) is 5.11 Å². The molecule has 0 aliphatic rings. The lowest BCUT2D eigenvalue weighted by Crippen LogP contribution is -2.31. The highest BCUT2D eigenvalue weighted by atomic mass is 16.4. The van der Waals surface area contributed by atoms with Crippen molar-refractivity contribution < 1.29 is 15.0 Å². The van der Waals surface area contributed by atoms with E-state index in [1.807, 2.05) is 30.3 Å². The maximum atomic E-state index is 12.5. The van der Waals surface area contributed by atoms with Crippen LogP contribution in [0.5, 0.6) is 0 Å². The molecule has 0 fully saturated rings. The first-order valence-electron chi connectivity index (χ1n) is 8.32. The van der Waals surface area contributed by atoms with Gasteiger partial charge in [0.25, 0.3) is 0 Å². The number of aliphatic carboxylic acids is 1. The highest BCUT2D eigenvalue weighted by Gasteiger charge is 2.17. The van der Waals surface area contributed by atoms with Crippen LogP contribution in [0.1, 0.15) is 24.6 Å². The van der Waals surface area contributed by atoms with Crippen molar-refractivity contribution >= 4 is 17.4 Å². The molecule has 0 radical (unpaired) electrons. The molecule has 1 aromatic carbocycles. The van der Waals surface area contributed by atoms with Gasteiger partial charge in [0, 0.05) is 18.2 Å². The number of nitrogens with zero attached hydrogens (tertiary/aromatic N) is 3. The number of hydrogen-bond acceptors (Lipinski definition) is 5. The number of fused-ring (bicyclic) bond motifs is 1. The number of pyridine rings is 1. The van der Waals surface area contributed by atoms with E-state index in [9.17, 15) is 14.7 Å². The van der Waals surface area contributed by atoms with E-state index in [2.05, 4.69) is 10.1 Å². The van der Waals surface area contributed by atoms with Gasteiger partial charge in [-0.2, -0.15) is 5.10 Å². The van der Waals surface area contributed by atoms with E-state index >= 15 is 0 Å². The molecule has 2 N–H and O–H groups in total. The number of carboxylic acid groups (broad SMARTS) is 1. The van der Waals surface area contributed by atoms with Gasteiger partial charge in [0.05, 0.1) is 5.92 Å². The second-order valence-electron chi connectivity index (χ2n) is 6.25. The molecule has 1 atom stereocenters. The number of carbonyl (C=O) groups is 1. The van der Waals surface area contributed by atoms with Crippen molar-refractivity contribution in [2.75, 3.05) is 0 Å². The van der Waals surface area contributed by atoms with Crippen molar-refractivity contribution in [1.82, 2.24) is 14.6 Å². The molecule has 0 saturated heterocycles. The van der Waals surface area contributed by atoms with Gasteiger partial charge < -0.3 is 10.2 Å². The predicted molar refractivity (Wildman–Crippen MR) is 95.8 cm³/mol. The minimum atomic E-state index is -1.04. The van der Waals surface area contributed by atoms with Crippen LogP contribution in [-0.4, -0.2) is 30.8 Å². The van der Waals surface area contributed by atoms with E-state index in [1.54, 1.807) is 0 Å². The Bertz CT molecular complexity index is 1040. The van der Waals surface area contributed by atoms with Gasteiger partial charge in [-0.1, -0.05) is 37.3 Å². The van der Waals surface area contributed by atoms with Crippen LogP contribution in [0.15, 0.2) is 47.5 Å².